The van der Waals surface area contributed by atoms with Crippen LogP contribution >= 0.6 is 10.7 Å². The van der Waals surface area contributed by atoms with Crippen molar-refractivity contribution in [3.8, 4) is 0 Å². The lowest BCUT2D eigenvalue weighted by atomic mass is 10.3. The summed E-state index contributed by atoms with van der Waals surface area (Å²) in [5, 5.41) is 0.815. The number of aromatic nitrogens is 1. The maximum atomic E-state index is 10.8. The summed E-state index contributed by atoms with van der Waals surface area (Å²) in [6.45, 7) is 0. The van der Waals surface area contributed by atoms with Gasteiger partial charge in [0.25, 0.3) is 0 Å². The van der Waals surface area contributed by atoms with Gasteiger partial charge in [-0.25, -0.2) is 8.42 Å². The van der Waals surface area contributed by atoms with Gasteiger partial charge in [-0.3, -0.25) is 4.98 Å². The Balaban J connectivity index is 2.46. The number of fused-ring (bicyclic) bond motifs is 1. The Bertz CT molecular complexity index is 528. The van der Waals surface area contributed by atoms with Crippen molar-refractivity contribution >= 4 is 30.7 Å². The van der Waals surface area contributed by atoms with Gasteiger partial charge in [0, 0.05) is 22.3 Å². The highest BCUT2D eigenvalue weighted by atomic mass is 35.7. The zero-order valence-corrected chi connectivity index (χ0v) is 8.55. The normalized spacial score (nSPS) is 12.1. The van der Waals surface area contributed by atoms with Gasteiger partial charge >= 0.3 is 0 Å². The minimum absolute atomic E-state index is 0.302. The zero-order valence-electron chi connectivity index (χ0n) is 6.97. The fourth-order valence-electron chi connectivity index (χ4n) is 1.18. The summed E-state index contributed by atoms with van der Waals surface area (Å²) in [5.41, 5.74) is 0.558. The van der Waals surface area contributed by atoms with Crippen LogP contribution in [-0.2, 0) is 14.8 Å². The van der Waals surface area contributed by atoms with Gasteiger partial charge in [-0.1, -0.05) is 0 Å². The van der Waals surface area contributed by atoms with E-state index in [-0.39, 0.29) is 5.75 Å². The van der Waals surface area contributed by atoms with E-state index in [1.54, 1.807) is 18.3 Å². The molecule has 0 N–H and O–H groups in total. The zero-order chi connectivity index (χ0) is 10.2. The molecule has 0 unspecified atom stereocenters. The molecule has 6 heteroatoms. The average Bonchev–Trinajstić information content (AvgIpc) is 2.42. The third-order valence-corrected chi connectivity index (χ3v) is 2.65. The maximum Gasteiger partial charge on any atom is 0.239 e. The Morgan fingerprint density at radius 1 is 1.50 bits per heavy atom. The molecule has 0 aliphatic carbocycles. The van der Waals surface area contributed by atoms with Crippen molar-refractivity contribution in [2.45, 2.75) is 5.75 Å². The smallest absolute Gasteiger partial charge is 0.239 e. The van der Waals surface area contributed by atoms with Crippen LogP contribution in [0.5, 0.6) is 0 Å². The summed E-state index contributed by atoms with van der Waals surface area (Å²) in [6, 6.07) is 3.38. The molecule has 0 saturated carbocycles. The number of rotatable bonds is 2. The van der Waals surface area contributed by atoms with Crippen LogP contribution in [0.4, 0.5) is 0 Å². The molecule has 2 heterocycles. The lowest BCUT2D eigenvalue weighted by Gasteiger charge is -1.89. The predicted molar refractivity (Wildman–Crippen MR) is 52.5 cm³/mol. The van der Waals surface area contributed by atoms with Gasteiger partial charge in [0.2, 0.25) is 9.05 Å². The third kappa shape index (κ3) is 2.05. The van der Waals surface area contributed by atoms with E-state index in [2.05, 4.69) is 4.98 Å². The summed E-state index contributed by atoms with van der Waals surface area (Å²) in [6.07, 6.45) is 3.14. The first-order valence-corrected chi connectivity index (χ1v) is 6.27. The molecule has 4 nitrogen and oxygen atoms in total. The first-order chi connectivity index (χ1) is 6.54. The lowest BCUT2D eigenvalue weighted by Crippen LogP contribution is -1.92. The van der Waals surface area contributed by atoms with Crippen molar-refractivity contribution in [1.29, 1.82) is 0 Å². The molecule has 0 saturated heterocycles. The Morgan fingerprint density at radius 3 is 2.93 bits per heavy atom. The number of hydrogen-bond acceptors (Lipinski definition) is 4. The topological polar surface area (TPSA) is 60.2 Å². The fraction of sp³-hybridized carbons (Fsp3) is 0.125. The molecule has 14 heavy (non-hydrogen) atoms. The van der Waals surface area contributed by atoms with E-state index in [1.165, 1.54) is 6.20 Å². The van der Waals surface area contributed by atoms with Gasteiger partial charge in [0.05, 0.1) is 6.20 Å². The van der Waals surface area contributed by atoms with Crippen LogP contribution < -0.4 is 0 Å². The van der Waals surface area contributed by atoms with Crippen molar-refractivity contribution < 1.29 is 12.8 Å². The summed E-state index contributed by atoms with van der Waals surface area (Å²) in [7, 11) is 1.53. The molecule has 0 aromatic carbocycles. The third-order valence-electron chi connectivity index (χ3n) is 1.69. The van der Waals surface area contributed by atoms with Gasteiger partial charge in [-0.15, -0.1) is 0 Å². The van der Waals surface area contributed by atoms with Gasteiger partial charge in [-0.05, 0) is 12.1 Å². The number of pyridine rings is 1. The number of furan rings is 1. The largest absolute Gasteiger partial charge is 0.458 e. The first-order valence-electron chi connectivity index (χ1n) is 3.79. The summed E-state index contributed by atoms with van der Waals surface area (Å²) in [4.78, 5) is 3.85. The predicted octanol–water partition coefficient (Wildman–Crippen LogP) is 1.90. The van der Waals surface area contributed by atoms with Gasteiger partial charge in [0.1, 0.15) is 11.5 Å². The molecule has 0 aliphatic rings. The number of hydrogen-bond donors (Lipinski definition) is 0. The van der Waals surface area contributed by atoms with Crippen LogP contribution in [0.25, 0.3) is 11.0 Å². The Morgan fingerprint density at radius 2 is 2.29 bits per heavy atom. The Hall–Kier alpha value is -1.07. The maximum absolute atomic E-state index is 10.8. The van der Waals surface area contributed by atoms with E-state index < -0.39 is 9.05 Å². The van der Waals surface area contributed by atoms with Gasteiger partial charge in [-0.2, -0.15) is 0 Å². The highest BCUT2D eigenvalue weighted by Crippen LogP contribution is 2.20. The van der Waals surface area contributed by atoms with E-state index in [0.717, 1.165) is 5.39 Å². The molecule has 74 valence electrons. The minimum Gasteiger partial charge on any atom is -0.458 e. The second-order valence-corrected chi connectivity index (χ2v) is 5.59. The summed E-state index contributed by atoms with van der Waals surface area (Å²) >= 11 is 0. The standard InChI is InChI=1S/C8H6ClNO3S/c9-14(11,12)5-7-3-6-1-2-10-4-8(6)13-7/h1-4H,5H2. The summed E-state index contributed by atoms with van der Waals surface area (Å²) < 4.78 is 26.8. The molecule has 2 aromatic rings. The Kier molecular flexibility index (Phi) is 2.20. The summed E-state index contributed by atoms with van der Waals surface area (Å²) in [5.74, 6) is 0.0199. The molecule has 0 bridgehead atoms. The molecule has 2 rings (SSSR count). The molecule has 0 radical (unpaired) electrons. The van der Waals surface area contributed by atoms with Crippen molar-refractivity contribution in [3.63, 3.8) is 0 Å². The highest BCUT2D eigenvalue weighted by molar-refractivity contribution is 8.13. The van der Waals surface area contributed by atoms with Crippen molar-refractivity contribution in [2.75, 3.05) is 0 Å². The lowest BCUT2D eigenvalue weighted by molar-refractivity contribution is 0.559. The first kappa shape index (κ1) is 9.48. The number of halogens is 1. The molecular formula is C8H6ClNO3S. The van der Waals surface area contributed by atoms with E-state index >= 15 is 0 Å². The molecule has 0 fully saturated rings. The minimum atomic E-state index is -3.57. The van der Waals surface area contributed by atoms with Crippen LogP contribution in [0, 0.1) is 0 Å². The van der Waals surface area contributed by atoms with E-state index in [9.17, 15) is 8.42 Å². The molecule has 0 amide bonds. The molecular weight excluding hydrogens is 226 g/mol. The van der Waals surface area contributed by atoms with E-state index in [1.807, 2.05) is 0 Å². The molecule has 0 atom stereocenters. The number of nitrogens with zero attached hydrogens (tertiary/aromatic N) is 1. The van der Waals surface area contributed by atoms with E-state index in [4.69, 9.17) is 15.1 Å². The van der Waals surface area contributed by atoms with Crippen molar-refractivity contribution in [3.05, 3.63) is 30.3 Å². The Labute approximate surface area is 84.9 Å². The molecule has 0 aliphatic heterocycles. The molecule has 2 aromatic heterocycles. The SMILES string of the molecule is O=S(=O)(Cl)Cc1cc2ccncc2o1. The van der Waals surface area contributed by atoms with Gasteiger partial charge < -0.3 is 4.42 Å². The quantitative estimate of drug-likeness (QED) is 0.741. The van der Waals surface area contributed by atoms with Crippen LogP contribution in [0.3, 0.4) is 0 Å². The van der Waals surface area contributed by atoms with Crippen LogP contribution in [0.15, 0.2) is 28.9 Å². The second kappa shape index (κ2) is 3.25. The van der Waals surface area contributed by atoms with Crippen LogP contribution in [-0.4, -0.2) is 13.4 Å². The second-order valence-electron chi connectivity index (χ2n) is 2.81. The molecule has 0 spiro atoms. The van der Waals surface area contributed by atoms with Crippen molar-refractivity contribution in [1.82, 2.24) is 4.98 Å². The average molecular weight is 232 g/mol. The van der Waals surface area contributed by atoms with Crippen LogP contribution in [0.2, 0.25) is 0 Å². The van der Waals surface area contributed by atoms with E-state index in [0.29, 0.717) is 11.3 Å². The van der Waals surface area contributed by atoms with Gasteiger partial charge in [0.15, 0.2) is 5.58 Å². The van der Waals surface area contributed by atoms with Crippen molar-refractivity contribution in [2.24, 2.45) is 0 Å². The van der Waals surface area contributed by atoms with Crippen LogP contribution in [0.1, 0.15) is 5.76 Å². The fourth-order valence-corrected chi connectivity index (χ4v) is 1.99. The highest BCUT2D eigenvalue weighted by Gasteiger charge is 2.11. The monoisotopic (exact) mass is 231 g/mol.